The van der Waals surface area contributed by atoms with Gasteiger partial charge in [-0.1, -0.05) is 31.5 Å². The van der Waals surface area contributed by atoms with Gasteiger partial charge in [-0.05, 0) is 24.5 Å². The summed E-state index contributed by atoms with van der Waals surface area (Å²) in [5.74, 6) is 0.915. The summed E-state index contributed by atoms with van der Waals surface area (Å²) in [4.78, 5) is 18.9. The van der Waals surface area contributed by atoms with Gasteiger partial charge in [0.1, 0.15) is 16.1 Å². The van der Waals surface area contributed by atoms with Crippen LogP contribution in [0.1, 0.15) is 44.0 Å². The van der Waals surface area contributed by atoms with Crippen molar-refractivity contribution in [2.75, 3.05) is 0 Å². The molecule has 0 aliphatic heterocycles. The van der Waals surface area contributed by atoms with E-state index in [0.29, 0.717) is 17.5 Å². The van der Waals surface area contributed by atoms with Crippen LogP contribution >= 0.6 is 11.6 Å². The summed E-state index contributed by atoms with van der Waals surface area (Å²) in [6.07, 6.45) is 3.40. The summed E-state index contributed by atoms with van der Waals surface area (Å²) in [6.45, 7) is 4.45. The number of rotatable bonds is 6. The molecule has 0 saturated carbocycles. The normalized spacial score (nSPS) is 12.1. The molecular weight excluding hydrogens is 308 g/mol. The van der Waals surface area contributed by atoms with Gasteiger partial charge in [-0.25, -0.2) is 19.8 Å². The van der Waals surface area contributed by atoms with Crippen LogP contribution in [0.15, 0.2) is 23.4 Å². The number of nitro groups is 1. The van der Waals surface area contributed by atoms with E-state index in [1.165, 1.54) is 0 Å². The Morgan fingerprint density at radius 1 is 1.45 bits per heavy atom. The second kappa shape index (κ2) is 7.17. The third kappa shape index (κ3) is 3.91. The predicted octanol–water partition coefficient (Wildman–Crippen LogP) is 2.30. The van der Waals surface area contributed by atoms with E-state index in [0.717, 1.165) is 18.4 Å². The molecular formula is C13H17ClN6O2. The van der Waals surface area contributed by atoms with Crippen LogP contribution in [0.2, 0.25) is 5.15 Å². The smallest absolute Gasteiger partial charge is 0.282 e. The standard InChI is InChI=1S/C13H17ClN6O2/c1-3-10(4-2)12-16-13(18-20(21)22)19(17-12)8-9-5-6-11(14)15-7-9/h5-7,10H,3-4,8H2,1-2H3,(H,16,17,18). The van der Waals surface area contributed by atoms with E-state index in [4.69, 9.17) is 11.6 Å². The minimum atomic E-state index is -0.747. The lowest BCUT2D eigenvalue weighted by Crippen LogP contribution is -2.22. The molecule has 0 fully saturated rings. The molecule has 22 heavy (non-hydrogen) atoms. The fourth-order valence-electron chi connectivity index (χ4n) is 2.18. The first-order chi connectivity index (χ1) is 10.5. The van der Waals surface area contributed by atoms with Gasteiger partial charge in [0, 0.05) is 12.1 Å². The summed E-state index contributed by atoms with van der Waals surface area (Å²) in [6, 6.07) is 3.47. The molecule has 8 nitrogen and oxygen atoms in total. The number of halogens is 1. The molecule has 0 amide bonds. The van der Waals surface area contributed by atoms with E-state index in [2.05, 4.69) is 34.0 Å². The van der Waals surface area contributed by atoms with Gasteiger partial charge in [-0.3, -0.25) is 5.10 Å². The molecule has 0 saturated heterocycles. The Morgan fingerprint density at radius 3 is 2.73 bits per heavy atom. The minimum absolute atomic E-state index is 0.0434. The fourth-order valence-corrected chi connectivity index (χ4v) is 2.29. The molecule has 0 aromatic carbocycles. The molecule has 0 spiro atoms. The first-order valence-electron chi connectivity index (χ1n) is 6.99. The first-order valence-corrected chi connectivity index (χ1v) is 7.37. The Hall–Kier alpha value is -2.22. The molecule has 2 aromatic heterocycles. The summed E-state index contributed by atoms with van der Waals surface area (Å²) in [5.41, 5.74) is 0.885. The van der Waals surface area contributed by atoms with Crippen LogP contribution in [0.5, 0.6) is 0 Å². The summed E-state index contributed by atoms with van der Waals surface area (Å²) in [5, 5.41) is 16.8. The van der Waals surface area contributed by atoms with Crippen molar-refractivity contribution in [3.8, 4) is 0 Å². The van der Waals surface area contributed by atoms with Crippen molar-refractivity contribution in [1.82, 2.24) is 19.7 Å². The molecule has 0 unspecified atom stereocenters. The molecule has 118 valence electrons. The number of aromatic amines is 1. The van der Waals surface area contributed by atoms with Gasteiger partial charge >= 0.3 is 5.62 Å². The second-order valence-corrected chi connectivity index (χ2v) is 5.22. The van der Waals surface area contributed by atoms with Crippen molar-refractivity contribution in [2.45, 2.75) is 39.2 Å². The lowest BCUT2D eigenvalue weighted by atomic mass is 10.0. The van der Waals surface area contributed by atoms with Gasteiger partial charge in [0.05, 0.1) is 6.54 Å². The molecule has 0 bridgehead atoms. The third-order valence-electron chi connectivity index (χ3n) is 3.38. The molecule has 2 heterocycles. The van der Waals surface area contributed by atoms with Crippen molar-refractivity contribution < 1.29 is 5.03 Å². The molecule has 0 aliphatic rings. The number of aromatic nitrogens is 4. The van der Waals surface area contributed by atoms with Gasteiger partial charge in [0.2, 0.25) is 0 Å². The fraction of sp³-hybridized carbons (Fsp3) is 0.462. The maximum Gasteiger partial charge on any atom is 0.318 e. The Balaban J connectivity index is 2.39. The molecule has 2 aromatic rings. The molecule has 0 radical (unpaired) electrons. The van der Waals surface area contributed by atoms with Crippen molar-refractivity contribution in [3.63, 3.8) is 0 Å². The third-order valence-corrected chi connectivity index (χ3v) is 3.61. The Kier molecular flexibility index (Phi) is 5.26. The molecule has 1 N–H and O–H groups in total. The Morgan fingerprint density at radius 2 is 2.18 bits per heavy atom. The average molecular weight is 325 g/mol. The predicted molar refractivity (Wildman–Crippen MR) is 80.8 cm³/mol. The number of H-pyrrole nitrogens is 1. The maximum atomic E-state index is 10.7. The van der Waals surface area contributed by atoms with Crippen molar-refractivity contribution in [1.29, 1.82) is 0 Å². The number of hydrogen-bond donors (Lipinski definition) is 1. The summed E-state index contributed by atoms with van der Waals surface area (Å²) >= 11 is 5.75. The van der Waals surface area contributed by atoms with Crippen LogP contribution in [-0.4, -0.2) is 24.8 Å². The van der Waals surface area contributed by atoms with Gasteiger partial charge < -0.3 is 0 Å². The highest BCUT2D eigenvalue weighted by Crippen LogP contribution is 2.17. The monoisotopic (exact) mass is 324 g/mol. The zero-order chi connectivity index (χ0) is 16.1. The summed E-state index contributed by atoms with van der Waals surface area (Å²) in [7, 11) is 0. The van der Waals surface area contributed by atoms with E-state index in [1.54, 1.807) is 23.0 Å². The van der Waals surface area contributed by atoms with Gasteiger partial charge in [0.25, 0.3) is 0 Å². The lowest BCUT2D eigenvalue weighted by molar-refractivity contribution is -0.491. The van der Waals surface area contributed by atoms with E-state index < -0.39 is 5.03 Å². The SMILES string of the molecule is CCC(CC)c1n/c(=N\[N+](=O)[O-])n(Cc2ccc(Cl)nc2)[nH]1. The highest BCUT2D eigenvalue weighted by molar-refractivity contribution is 6.29. The highest BCUT2D eigenvalue weighted by Gasteiger charge is 2.14. The van der Waals surface area contributed by atoms with E-state index in [-0.39, 0.29) is 11.5 Å². The lowest BCUT2D eigenvalue weighted by Gasteiger charge is -2.07. The molecule has 2 rings (SSSR count). The molecule has 0 atom stereocenters. The first kappa shape index (κ1) is 16.2. The van der Waals surface area contributed by atoms with E-state index >= 15 is 0 Å². The number of nitrogens with one attached hydrogen (secondary N) is 1. The van der Waals surface area contributed by atoms with E-state index in [1.807, 2.05) is 0 Å². The van der Waals surface area contributed by atoms with E-state index in [9.17, 15) is 10.1 Å². The number of pyridine rings is 1. The average Bonchev–Trinajstić information content (AvgIpc) is 2.85. The van der Waals surface area contributed by atoms with Crippen molar-refractivity contribution in [2.24, 2.45) is 5.10 Å². The van der Waals surface area contributed by atoms with Crippen molar-refractivity contribution in [3.05, 3.63) is 50.6 Å². The van der Waals surface area contributed by atoms with Gasteiger partial charge in [-0.2, -0.15) is 4.98 Å². The second-order valence-electron chi connectivity index (χ2n) is 4.84. The van der Waals surface area contributed by atoms with Crippen LogP contribution in [0.25, 0.3) is 0 Å². The number of nitrogens with zero attached hydrogens (tertiary/aromatic N) is 5. The minimum Gasteiger partial charge on any atom is -0.282 e. The van der Waals surface area contributed by atoms with Crippen LogP contribution in [0.3, 0.4) is 0 Å². The van der Waals surface area contributed by atoms with Crippen LogP contribution in [0, 0.1) is 10.1 Å². The maximum absolute atomic E-state index is 10.7. The molecule has 9 heteroatoms. The largest absolute Gasteiger partial charge is 0.318 e. The Labute approximate surface area is 132 Å². The summed E-state index contributed by atoms with van der Waals surface area (Å²) < 4.78 is 1.54. The van der Waals surface area contributed by atoms with Crippen LogP contribution in [0.4, 0.5) is 0 Å². The Bertz CT molecular complexity index is 702. The zero-order valence-electron chi connectivity index (χ0n) is 12.4. The number of hydrogen-bond acceptors (Lipinski definition) is 4. The zero-order valence-corrected chi connectivity index (χ0v) is 13.1. The topological polar surface area (TPSA) is 102 Å². The van der Waals surface area contributed by atoms with Crippen LogP contribution in [-0.2, 0) is 6.54 Å². The quantitative estimate of drug-likeness (QED) is 0.500. The van der Waals surface area contributed by atoms with Gasteiger partial charge in [-0.15, -0.1) is 0 Å². The molecule has 0 aliphatic carbocycles. The van der Waals surface area contributed by atoms with Crippen molar-refractivity contribution >= 4 is 11.6 Å². The van der Waals surface area contributed by atoms with Gasteiger partial charge in [0.15, 0.2) is 5.03 Å². The van der Waals surface area contributed by atoms with Crippen LogP contribution < -0.4 is 5.62 Å². The highest BCUT2D eigenvalue weighted by atomic mass is 35.5.